The van der Waals surface area contributed by atoms with Gasteiger partial charge in [-0.1, -0.05) is 59.1 Å². The van der Waals surface area contributed by atoms with Crippen molar-refractivity contribution in [2.75, 3.05) is 5.32 Å². The molecule has 9 heteroatoms. The first-order chi connectivity index (χ1) is 17.3. The number of benzene rings is 2. The third kappa shape index (κ3) is 4.72. The number of anilines is 1. The van der Waals surface area contributed by atoms with Gasteiger partial charge in [-0.15, -0.1) is 0 Å². The van der Waals surface area contributed by atoms with E-state index in [-0.39, 0.29) is 12.5 Å². The predicted octanol–water partition coefficient (Wildman–Crippen LogP) is 6.21. The number of rotatable bonds is 6. The van der Waals surface area contributed by atoms with Crippen LogP contribution in [0.3, 0.4) is 0 Å². The average molecular weight is 519 g/mol. The van der Waals surface area contributed by atoms with Crippen LogP contribution in [-0.4, -0.2) is 30.5 Å². The SMILES string of the molecule is Cc1ccc(-c2ccnc3c2c(C)nn3CC(=O)Nc2cc(C)n(Cc3c(Cl)cccc3Cl)n2)cc1. The Morgan fingerprint density at radius 3 is 2.39 bits per heavy atom. The lowest BCUT2D eigenvalue weighted by Gasteiger charge is -2.08. The van der Waals surface area contributed by atoms with Crippen LogP contribution in [0.5, 0.6) is 0 Å². The maximum atomic E-state index is 12.9. The first-order valence-electron chi connectivity index (χ1n) is 11.5. The van der Waals surface area contributed by atoms with Crippen molar-refractivity contribution in [1.82, 2.24) is 24.5 Å². The quantitative estimate of drug-likeness (QED) is 0.289. The molecule has 5 rings (SSSR count). The number of hydrogen-bond donors (Lipinski definition) is 1. The van der Waals surface area contributed by atoms with Crippen LogP contribution in [0.2, 0.25) is 10.0 Å². The molecule has 0 radical (unpaired) electrons. The Morgan fingerprint density at radius 1 is 0.944 bits per heavy atom. The van der Waals surface area contributed by atoms with Gasteiger partial charge in [0.1, 0.15) is 6.54 Å². The van der Waals surface area contributed by atoms with Crippen LogP contribution in [0.25, 0.3) is 22.2 Å². The maximum absolute atomic E-state index is 12.9. The summed E-state index contributed by atoms with van der Waals surface area (Å²) in [5.74, 6) is 0.199. The molecule has 2 aromatic carbocycles. The van der Waals surface area contributed by atoms with Crippen LogP contribution >= 0.6 is 23.2 Å². The first-order valence-corrected chi connectivity index (χ1v) is 12.2. The Morgan fingerprint density at radius 2 is 1.67 bits per heavy atom. The zero-order valence-electron chi connectivity index (χ0n) is 20.1. The van der Waals surface area contributed by atoms with E-state index in [1.165, 1.54) is 5.56 Å². The molecule has 0 saturated heterocycles. The van der Waals surface area contributed by atoms with Gasteiger partial charge in [0.25, 0.3) is 0 Å². The van der Waals surface area contributed by atoms with Crippen LogP contribution in [0.1, 0.15) is 22.5 Å². The standard InChI is InChI=1S/C27H24Cl2N6O/c1-16-7-9-19(10-8-16)20-11-12-30-27-26(20)18(3)32-35(27)15-25(36)31-24-13-17(2)34(33-24)14-21-22(28)5-4-6-23(21)29/h4-13H,14-15H2,1-3H3,(H,31,33,36). The summed E-state index contributed by atoms with van der Waals surface area (Å²) in [6.45, 7) is 6.31. The second-order valence-electron chi connectivity index (χ2n) is 8.74. The van der Waals surface area contributed by atoms with Gasteiger partial charge in [0, 0.05) is 39.0 Å². The third-order valence-electron chi connectivity index (χ3n) is 6.08. The van der Waals surface area contributed by atoms with Gasteiger partial charge in [-0.05, 0) is 50.1 Å². The van der Waals surface area contributed by atoms with E-state index in [1.54, 1.807) is 33.8 Å². The number of pyridine rings is 1. The van der Waals surface area contributed by atoms with E-state index in [0.29, 0.717) is 28.1 Å². The Bertz CT molecular complexity index is 1570. The number of nitrogens with zero attached hydrogens (tertiary/aromatic N) is 5. The highest BCUT2D eigenvalue weighted by molar-refractivity contribution is 6.36. The number of carbonyl (C=O) groups excluding carboxylic acids is 1. The van der Waals surface area contributed by atoms with Crippen LogP contribution < -0.4 is 5.32 Å². The molecule has 3 heterocycles. The van der Waals surface area contributed by atoms with Gasteiger partial charge in [0.05, 0.1) is 12.2 Å². The molecule has 0 aliphatic heterocycles. The number of amides is 1. The molecule has 0 saturated carbocycles. The monoisotopic (exact) mass is 518 g/mol. The van der Waals surface area contributed by atoms with Crippen LogP contribution in [0.4, 0.5) is 5.82 Å². The van der Waals surface area contributed by atoms with Crippen molar-refractivity contribution in [3.05, 3.63) is 93.4 Å². The molecule has 0 aliphatic carbocycles. The van der Waals surface area contributed by atoms with E-state index in [0.717, 1.165) is 33.5 Å². The molecule has 1 amide bonds. The molecule has 0 unspecified atom stereocenters. The highest BCUT2D eigenvalue weighted by atomic mass is 35.5. The summed E-state index contributed by atoms with van der Waals surface area (Å²) in [6.07, 6.45) is 1.75. The van der Waals surface area contributed by atoms with Crippen molar-refractivity contribution in [2.24, 2.45) is 0 Å². The molecule has 0 aliphatic rings. The van der Waals surface area contributed by atoms with Gasteiger partial charge >= 0.3 is 0 Å². The van der Waals surface area contributed by atoms with E-state index in [2.05, 4.69) is 51.7 Å². The lowest BCUT2D eigenvalue weighted by Crippen LogP contribution is -2.20. The van der Waals surface area contributed by atoms with Crippen molar-refractivity contribution in [2.45, 2.75) is 33.9 Å². The van der Waals surface area contributed by atoms with Gasteiger partial charge < -0.3 is 5.32 Å². The van der Waals surface area contributed by atoms with Crippen LogP contribution in [-0.2, 0) is 17.9 Å². The molecular weight excluding hydrogens is 495 g/mol. The van der Waals surface area contributed by atoms with E-state index in [4.69, 9.17) is 23.2 Å². The average Bonchev–Trinajstić information content (AvgIpc) is 3.35. The molecule has 0 bridgehead atoms. The van der Waals surface area contributed by atoms with Crippen molar-refractivity contribution in [3.63, 3.8) is 0 Å². The molecule has 182 valence electrons. The van der Waals surface area contributed by atoms with Crippen molar-refractivity contribution in [3.8, 4) is 11.1 Å². The molecular formula is C27H24Cl2N6O. The topological polar surface area (TPSA) is 77.6 Å². The number of hydrogen-bond acceptors (Lipinski definition) is 4. The molecule has 0 spiro atoms. The van der Waals surface area contributed by atoms with Gasteiger partial charge in [-0.25, -0.2) is 9.67 Å². The normalized spacial score (nSPS) is 11.2. The molecule has 3 aromatic heterocycles. The number of nitrogens with one attached hydrogen (secondary N) is 1. The fourth-order valence-electron chi connectivity index (χ4n) is 4.25. The minimum atomic E-state index is -0.248. The maximum Gasteiger partial charge on any atom is 0.247 e. The van der Waals surface area contributed by atoms with Gasteiger partial charge in [0.2, 0.25) is 5.91 Å². The van der Waals surface area contributed by atoms with Crippen molar-refractivity contribution in [1.29, 1.82) is 0 Å². The Balaban J connectivity index is 1.36. The van der Waals surface area contributed by atoms with Crippen molar-refractivity contribution >= 4 is 46.0 Å². The number of halogens is 2. The molecule has 36 heavy (non-hydrogen) atoms. The molecule has 5 aromatic rings. The number of aromatic nitrogens is 5. The van der Waals surface area contributed by atoms with Gasteiger partial charge in [0.15, 0.2) is 11.5 Å². The van der Waals surface area contributed by atoms with E-state index in [1.807, 2.05) is 26.0 Å². The summed E-state index contributed by atoms with van der Waals surface area (Å²) in [6, 6.07) is 17.5. The van der Waals surface area contributed by atoms with Crippen LogP contribution in [0, 0.1) is 20.8 Å². The summed E-state index contributed by atoms with van der Waals surface area (Å²) in [4.78, 5) is 17.4. The smallest absolute Gasteiger partial charge is 0.247 e. The highest BCUT2D eigenvalue weighted by Gasteiger charge is 2.17. The fourth-order valence-corrected chi connectivity index (χ4v) is 4.77. The van der Waals surface area contributed by atoms with E-state index < -0.39 is 0 Å². The molecule has 0 fully saturated rings. The predicted molar refractivity (Wildman–Crippen MR) is 144 cm³/mol. The Labute approximate surface area is 218 Å². The number of fused-ring (bicyclic) bond motifs is 1. The minimum absolute atomic E-state index is 0.0109. The van der Waals surface area contributed by atoms with E-state index >= 15 is 0 Å². The third-order valence-corrected chi connectivity index (χ3v) is 6.79. The molecule has 0 atom stereocenters. The summed E-state index contributed by atoms with van der Waals surface area (Å²) in [5.41, 5.74) is 6.44. The lowest BCUT2D eigenvalue weighted by atomic mass is 10.0. The van der Waals surface area contributed by atoms with Crippen molar-refractivity contribution < 1.29 is 4.79 Å². The van der Waals surface area contributed by atoms with Gasteiger partial charge in [-0.3, -0.25) is 9.48 Å². The minimum Gasteiger partial charge on any atom is -0.308 e. The second-order valence-corrected chi connectivity index (χ2v) is 9.56. The first kappa shape index (κ1) is 24.0. The summed E-state index contributed by atoms with van der Waals surface area (Å²) in [7, 11) is 0. The van der Waals surface area contributed by atoms with E-state index in [9.17, 15) is 4.79 Å². The van der Waals surface area contributed by atoms with Crippen LogP contribution in [0.15, 0.2) is 60.8 Å². The molecule has 1 N–H and O–H groups in total. The van der Waals surface area contributed by atoms with Gasteiger partial charge in [-0.2, -0.15) is 10.2 Å². The highest BCUT2D eigenvalue weighted by Crippen LogP contribution is 2.30. The summed E-state index contributed by atoms with van der Waals surface area (Å²) >= 11 is 12.6. The zero-order valence-corrected chi connectivity index (χ0v) is 21.6. The summed E-state index contributed by atoms with van der Waals surface area (Å²) < 4.78 is 3.39. The Kier molecular flexibility index (Phi) is 6.51. The largest absolute Gasteiger partial charge is 0.308 e. The lowest BCUT2D eigenvalue weighted by molar-refractivity contribution is -0.116. The Hall–Kier alpha value is -3.68. The zero-order chi connectivity index (χ0) is 25.4. The number of carbonyl (C=O) groups is 1. The summed E-state index contributed by atoms with van der Waals surface area (Å²) in [5, 5.41) is 14.1. The molecule has 7 nitrogen and oxygen atoms in total. The number of aryl methyl sites for hydroxylation is 3. The fraction of sp³-hybridized carbons (Fsp3) is 0.185. The second kappa shape index (κ2) is 9.76.